The second-order valence-corrected chi connectivity index (χ2v) is 9.97. The zero-order valence-corrected chi connectivity index (χ0v) is 23.2. The largest absolute Gasteiger partial charge is 0.488 e. The fraction of sp³-hybridized carbons (Fsp3) is 0.0333. The fourth-order valence-electron chi connectivity index (χ4n) is 4.13. The lowest BCUT2D eigenvalue weighted by Gasteiger charge is -2.36. The van der Waals surface area contributed by atoms with E-state index < -0.39 is 16.7 Å². The Labute approximate surface area is 243 Å². The summed E-state index contributed by atoms with van der Waals surface area (Å²) in [5.74, 6) is -0.704. The Morgan fingerprint density at radius 2 is 1.38 bits per heavy atom. The Kier molecular flexibility index (Phi) is 7.81. The molecule has 0 spiro atoms. The van der Waals surface area contributed by atoms with Crippen LogP contribution in [0.3, 0.4) is 0 Å². The molecule has 1 fully saturated rings. The number of nitro benzene ring substituents is 1. The molecule has 1 heterocycles. The number of para-hydroxylation sites is 2. The zero-order valence-electron chi connectivity index (χ0n) is 20.8. The Bertz CT molecular complexity index is 1580. The van der Waals surface area contributed by atoms with Gasteiger partial charge in [0.2, 0.25) is 0 Å². The third-order valence-electron chi connectivity index (χ3n) is 6.09. The van der Waals surface area contributed by atoms with Gasteiger partial charge in [-0.15, -0.1) is 0 Å². The molecule has 0 unspecified atom stereocenters. The summed E-state index contributed by atoms with van der Waals surface area (Å²) in [4.78, 5) is 40.8. The molecule has 1 aliphatic heterocycles. The lowest BCUT2D eigenvalue weighted by molar-refractivity contribution is -0.384. The van der Waals surface area contributed by atoms with E-state index in [0.29, 0.717) is 32.7 Å². The maximum atomic E-state index is 13.8. The van der Waals surface area contributed by atoms with Gasteiger partial charge < -0.3 is 4.74 Å². The average Bonchev–Trinajstić information content (AvgIpc) is 2.96. The van der Waals surface area contributed by atoms with E-state index in [1.807, 2.05) is 12.1 Å². The summed E-state index contributed by atoms with van der Waals surface area (Å²) < 4.78 is 6.74. The van der Waals surface area contributed by atoms with Gasteiger partial charge in [-0.2, -0.15) is 0 Å². The highest BCUT2D eigenvalue weighted by atomic mass is 79.9. The van der Waals surface area contributed by atoms with Crippen LogP contribution < -0.4 is 14.5 Å². The first kappa shape index (κ1) is 26.9. The van der Waals surface area contributed by atoms with Crippen molar-refractivity contribution in [2.24, 2.45) is 0 Å². The van der Waals surface area contributed by atoms with Crippen LogP contribution in [0.15, 0.2) is 113 Å². The number of benzene rings is 4. The number of rotatable bonds is 7. The van der Waals surface area contributed by atoms with E-state index in [2.05, 4.69) is 15.9 Å². The summed E-state index contributed by atoms with van der Waals surface area (Å²) in [5.41, 5.74) is 2.15. The summed E-state index contributed by atoms with van der Waals surface area (Å²) in [7, 11) is 0. The van der Waals surface area contributed by atoms with E-state index in [0.717, 1.165) is 0 Å². The molecule has 2 amide bonds. The van der Waals surface area contributed by atoms with Crippen LogP contribution in [0, 0.1) is 10.1 Å². The molecule has 10 heteroatoms. The van der Waals surface area contributed by atoms with E-state index in [9.17, 15) is 19.7 Å². The zero-order chi connectivity index (χ0) is 28.2. The molecule has 0 bridgehead atoms. The number of hydrogen-bond donors (Lipinski definition) is 0. The molecular formula is C30H20BrN3O5S. The molecule has 0 atom stereocenters. The van der Waals surface area contributed by atoms with Crippen LogP contribution in [0.5, 0.6) is 5.75 Å². The van der Waals surface area contributed by atoms with Gasteiger partial charge in [0.1, 0.15) is 17.9 Å². The topological polar surface area (TPSA) is 93.0 Å². The van der Waals surface area contributed by atoms with Crippen molar-refractivity contribution < 1.29 is 19.2 Å². The van der Waals surface area contributed by atoms with E-state index in [4.69, 9.17) is 17.0 Å². The molecule has 5 rings (SSSR count). The minimum Gasteiger partial charge on any atom is -0.488 e. The summed E-state index contributed by atoms with van der Waals surface area (Å²) in [6, 6.07) is 29.1. The quantitative estimate of drug-likeness (QED) is 0.0758. The molecule has 1 aliphatic rings. The van der Waals surface area contributed by atoms with Gasteiger partial charge in [0, 0.05) is 22.2 Å². The van der Waals surface area contributed by atoms with Crippen molar-refractivity contribution in [1.82, 2.24) is 0 Å². The summed E-state index contributed by atoms with van der Waals surface area (Å²) in [6.07, 6.45) is 1.49. The number of non-ortho nitro benzene ring substituents is 1. The van der Waals surface area contributed by atoms with Crippen molar-refractivity contribution in [1.29, 1.82) is 0 Å². The van der Waals surface area contributed by atoms with Gasteiger partial charge in [0.25, 0.3) is 17.5 Å². The molecule has 0 saturated carbocycles. The van der Waals surface area contributed by atoms with Gasteiger partial charge in [-0.05, 0) is 78.5 Å². The van der Waals surface area contributed by atoms with Crippen LogP contribution in [0.1, 0.15) is 11.1 Å². The monoisotopic (exact) mass is 613 g/mol. The van der Waals surface area contributed by atoms with Gasteiger partial charge in [-0.25, -0.2) is 0 Å². The number of nitro groups is 1. The van der Waals surface area contributed by atoms with E-state index in [-0.39, 0.29) is 23.0 Å². The highest BCUT2D eigenvalue weighted by Crippen LogP contribution is 2.32. The molecule has 198 valence electrons. The molecule has 8 nitrogen and oxygen atoms in total. The number of halogens is 1. The highest BCUT2D eigenvalue weighted by molar-refractivity contribution is 9.10. The van der Waals surface area contributed by atoms with Gasteiger partial charge in [0.15, 0.2) is 5.11 Å². The number of carbonyl (C=O) groups excluding carboxylic acids is 2. The number of amides is 2. The average molecular weight is 614 g/mol. The second-order valence-electron chi connectivity index (χ2n) is 8.69. The molecule has 0 aromatic heterocycles. The van der Waals surface area contributed by atoms with Crippen molar-refractivity contribution >= 4 is 68.2 Å². The molecule has 1 saturated heterocycles. The van der Waals surface area contributed by atoms with Gasteiger partial charge >= 0.3 is 0 Å². The number of nitrogens with zero attached hydrogens (tertiary/aromatic N) is 3. The normalized spacial score (nSPS) is 13.4. The first-order chi connectivity index (χ1) is 19.3. The van der Waals surface area contributed by atoms with Crippen LogP contribution in [0.2, 0.25) is 0 Å². The number of hydrogen-bond acceptors (Lipinski definition) is 6. The Morgan fingerprint density at radius 3 is 1.90 bits per heavy atom. The summed E-state index contributed by atoms with van der Waals surface area (Å²) in [5, 5.41) is 11.0. The fourth-order valence-corrected chi connectivity index (χ4v) is 4.89. The second kappa shape index (κ2) is 11.6. The smallest absolute Gasteiger partial charge is 0.270 e. The van der Waals surface area contributed by atoms with Crippen LogP contribution >= 0.6 is 28.1 Å². The van der Waals surface area contributed by atoms with Crippen molar-refractivity contribution in [3.05, 3.63) is 134 Å². The summed E-state index contributed by atoms with van der Waals surface area (Å²) in [6.45, 7) is 0.119. The SMILES string of the molecule is O=C1C(=Cc2cc(Br)ccc2OCc2ccc([N+](=O)[O-])cc2)C(=O)N(c2ccccc2)C(=S)N1c1ccccc1. The van der Waals surface area contributed by atoms with E-state index >= 15 is 0 Å². The molecule has 4 aromatic rings. The predicted octanol–water partition coefficient (Wildman–Crippen LogP) is 6.68. The third-order valence-corrected chi connectivity index (χ3v) is 6.95. The molecular weight excluding hydrogens is 594 g/mol. The van der Waals surface area contributed by atoms with Crippen LogP contribution in [0.25, 0.3) is 6.08 Å². The summed E-state index contributed by atoms with van der Waals surface area (Å²) >= 11 is 9.12. The van der Waals surface area contributed by atoms with Gasteiger partial charge in [-0.3, -0.25) is 29.5 Å². The van der Waals surface area contributed by atoms with Gasteiger partial charge in [0.05, 0.1) is 16.3 Å². The Morgan fingerprint density at radius 1 is 0.825 bits per heavy atom. The third kappa shape index (κ3) is 5.54. The molecule has 40 heavy (non-hydrogen) atoms. The van der Waals surface area contributed by atoms with Crippen molar-refractivity contribution in [3.8, 4) is 5.75 Å². The standard InChI is InChI=1S/C30H20BrN3O5S/c31-22-13-16-27(39-19-20-11-14-25(15-12-20)34(37)38)21(17-22)18-26-28(35)32(23-7-3-1-4-8-23)30(40)33(29(26)36)24-9-5-2-6-10-24/h1-18H,19H2. The minimum atomic E-state index is -0.560. The number of ether oxygens (including phenoxy) is 1. The Balaban J connectivity index is 1.54. The van der Waals surface area contributed by atoms with Crippen LogP contribution in [-0.4, -0.2) is 21.9 Å². The molecule has 4 aromatic carbocycles. The first-order valence-electron chi connectivity index (χ1n) is 12.0. The lowest BCUT2D eigenvalue weighted by atomic mass is 10.0. The number of thiocarbonyl (C=S) groups is 1. The highest BCUT2D eigenvalue weighted by Gasteiger charge is 2.41. The maximum Gasteiger partial charge on any atom is 0.270 e. The van der Waals surface area contributed by atoms with Crippen LogP contribution in [-0.2, 0) is 16.2 Å². The predicted molar refractivity (Wildman–Crippen MR) is 160 cm³/mol. The maximum absolute atomic E-state index is 13.8. The minimum absolute atomic E-state index is 0.0176. The Hall–Kier alpha value is -4.67. The molecule has 0 N–H and O–H groups in total. The molecule has 0 radical (unpaired) electrons. The lowest BCUT2D eigenvalue weighted by Crippen LogP contribution is -2.56. The van der Waals surface area contributed by atoms with Crippen molar-refractivity contribution in [3.63, 3.8) is 0 Å². The number of anilines is 2. The number of carbonyl (C=O) groups is 2. The van der Waals surface area contributed by atoms with E-state index in [1.54, 1.807) is 78.9 Å². The molecule has 0 aliphatic carbocycles. The van der Waals surface area contributed by atoms with Gasteiger partial charge in [-0.1, -0.05) is 52.3 Å². The van der Waals surface area contributed by atoms with Crippen LogP contribution in [0.4, 0.5) is 17.1 Å². The first-order valence-corrected chi connectivity index (χ1v) is 13.2. The van der Waals surface area contributed by atoms with Crippen molar-refractivity contribution in [2.75, 3.05) is 9.80 Å². The van der Waals surface area contributed by atoms with E-state index in [1.165, 1.54) is 28.0 Å². The van der Waals surface area contributed by atoms with Crippen molar-refractivity contribution in [2.45, 2.75) is 6.61 Å².